The third kappa shape index (κ3) is 7.56. The van der Waals surface area contributed by atoms with E-state index in [1.165, 1.54) is 34.1 Å². The maximum Gasteiger partial charge on any atom is 0.387 e. The second-order valence-corrected chi connectivity index (χ2v) is 13.7. The van der Waals surface area contributed by atoms with Gasteiger partial charge in [-0.1, -0.05) is 17.7 Å². The zero-order valence-electron chi connectivity index (χ0n) is 23.1. The number of hydrogen-bond acceptors (Lipinski definition) is 7. The van der Waals surface area contributed by atoms with Crippen molar-refractivity contribution in [2.24, 2.45) is 0 Å². The van der Waals surface area contributed by atoms with Gasteiger partial charge in [-0.2, -0.15) is 13.5 Å². The summed E-state index contributed by atoms with van der Waals surface area (Å²) in [5.41, 5.74) is -0.107. The van der Waals surface area contributed by atoms with Gasteiger partial charge in [0, 0.05) is 32.5 Å². The molecule has 4 rings (SSSR count). The lowest BCUT2D eigenvalue weighted by Gasteiger charge is -2.29. The first-order valence-electron chi connectivity index (χ1n) is 13.4. The van der Waals surface area contributed by atoms with Crippen molar-refractivity contribution in [1.29, 1.82) is 0 Å². The fourth-order valence-electron chi connectivity index (χ4n) is 5.00. The number of ether oxygens (including phenoxy) is 1. The molecule has 2 aliphatic rings. The van der Waals surface area contributed by atoms with Crippen molar-refractivity contribution in [3.8, 4) is 5.75 Å². The third-order valence-electron chi connectivity index (χ3n) is 7.24. The number of benzene rings is 1. The molecule has 1 aromatic heterocycles. The van der Waals surface area contributed by atoms with E-state index in [1.54, 1.807) is 0 Å². The Morgan fingerprint density at radius 1 is 1.19 bits per heavy atom. The van der Waals surface area contributed by atoms with Gasteiger partial charge in [0.1, 0.15) is 17.0 Å². The average Bonchev–Trinajstić information content (AvgIpc) is 3.60. The van der Waals surface area contributed by atoms with E-state index in [4.69, 9.17) is 11.6 Å². The van der Waals surface area contributed by atoms with Crippen LogP contribution < -0.4 is 24.6 Å². The Morgan fingerprint density at radius 3 is 2.57 bits per heavy atom. The van der Waals surface area contributed by atoms with Crippen molar-refractivity contribution in [2.75, 3.05) is 45.2 Å². The molecule has 0 saturated carbocycles. The first kappa shape index (κ1) is 32.1. The molecule has 11 nitrogen and oxygen atoms in total. The number of amides is 3. The minimum Gasteiger partial charge on any atom is -0.431 e. The van der Waals surface area contributed by atoms with E-state index < -0.39 is 51.7 Å². The van der Waals surface area contributed by atoms with Gasteiger partial charge in [0.05, 0.1) is 35.5 Å². The topological polar surface area (TPSA) is 130 Å². The number of likely N-dealkylation sites (N-methyl/N-ethyl adjacent to an activating group) is 1. The Labute approximate surface area is 251 Å². The molecule has 0 aliphatic carbocycles. The van der Waals surface area contributed by atoms with Crippen molar-refractivity contribution in [1.82, 2.24) is 14.9 Å². The van der Waals surface area contributed by atoms with Crippen LogP contribution in [0.15, 0.2) is 35.2 Å². The number of halogens is 3. The number of quaternary nitrogens is 1. The van der Waals surface area contributed by atoms with Gasteiger partial charge < -0.3 is 24.8 Å². The summed E-state index contributed by atoms with van der Waals surface area (Å²) in [6.45, 7) is -2.84. The van der Waals surface area contributed by atoms with E-state index >= 15 is 0 Å². The summed E-state index contributed by atoms with van der Waals surface area (Å²) in [6, 6.07) is 5.41. The second-order valence-electron chi connectivity index (χ2n) is 10.3. The Balaban J connectivity index is 1.65. The molecular formula is C26H33ClF2N5O6S2+. The number of rotatable bonds is 11. The molecule has 0 bridgehead atoms. The predicted octanol–water partition coefficient (Wildman–Crippen LogP) is 1.34. The van der Waals surface area contributed by atoms with E-state index in [1.807, 2.05) is 14.1 Å². The minimum atomic E-state index is -4.70. The molecule has 42 heavy (non-hydrogen) atoms. The zero-order chi connectivity index (χ0) is 30.6. The molecule has 3 N–H and O–H groups in total. The molecule has 0 radical (unpaired) electrons. The first-order chi connectivity index (χ1) is 19.9. The summed E-state index contributed by atoms with van der Waals surface area (Å²) in [6.07, 6.45) is 2.11. The highest BCUT2D eigenvalue weighted by Gasteiger charge is 2.37. The monoisotopic (exact) mass is 648 g/mol. The Bertz CT molecular complexity index is 1420. The quantitative estimate of drug-likeness (QED) is 0.337. The van der Waals surface area contributed by atoms with E-state index in [-0.39, 0.29) is 35.5 Å². The fourth-order valence-corrected chi connectivity index (χ4v) is 7.30. The normalized spacial score (nSPS) is 18.5. The highest BCUT2D eigenvalue weighted by Crippen LogP contribution is 2.38. The molecule has 1 aromatic carbocycles. The van der Waals surface area contributed by atoms with E-state index in [0.717, 1.165) is 22.3 Å². The van der Waals surface area contributed by atoms with Gasteiger partial charge in [0.25, 0.3) is 5.91 Å². The summed E-state index contributed by atoms with van der Waals surface area (Å²) >= 11 is 6.94. The van der Waals surface area contributed by atoms with Gasteiger partial charge in [-0.15, -0.1) is 11.3 Å². The molecule has 3 amide bonds. The number of nitrogens with zero attached hydrogens (tertiary/aromatic N) is 2. The molecule has 0 spiro atoms. The van der Waals surface area contributed by atoms with E-state index in [2.05, 4.69) is 14.8 Å². The molecule has 2 aliphatic heterocycles. The van der Waals surface area contributed by atoms with Gasteiger partial charge in [0.2, 0.25) is 21.8 Å². The Morgan fingerprint density at radius 2 is 1.95 bits per heavy atom. The van der Waals surface area contributed by atoms with Gasteiger partial charge in [-0.05, 0) is 37.1 Å². The van der Waals surface area contributed by atoms with Crippen molar-refractivity contribution < 1.29 is 41.2 Å². The third-order valence-corrected chi connectivity index (χ3v) is 9.97. The number of sulfonamides is 1. The molecule has 0 unspecified atom stereocenters. The van der Waals surface area contributed by atoms with Gasteiger partial charge in [-0.25, -0.2) is 8.42 Å². The maximum atomic E-state index is 13.7. The van der Waals surface area contributed by atoms with Gasteiger partial charge in [-0.3, -0.25) is 14.4 Å². The fraction of sp³-hybridized carbons (Fsp3) is 0.500. The van der Waals surface area contributed by atoms with Crippen LogP contribution in [0.2, 0.25) is 4.34 Å². The molecule has 16 heteroatoms. The minimum absolute atomic E-state index is 0.107. The predicted molar refractivity (Wildman–Crippen MR) is 153 cm³/mol. The van der Waals surface area contributed by atoms with Crippen molar-refractivity contribution >= 4 is 56.4 Å². The number of piperidine rings is 1. The summed E-state index contributed by atoms with van der Waals surface area (Å²) in [5, 5.41) is 2.57. The molecule has 2 atom stereocenters. The van der Waals surface area contributed by atoms with Crippen LogP contribution >= 0.6 is 22.9 Å². The standard InChI is InChI=1S/C26H32ClF2N5O6S2/c1-32(2)16-11-13-33(15-16)25(37)17(14-30-24(36)19-9-10-21(27)41-19)31-42(38,39)20-7-5-6-18(23(20)40-26(28)29)34-12-4-3-8-22(34)35/h5-7,9-10,16-17,26,31H,3-4,8,11-15H2,1-2H3,(H,30,36)/p+1/t16-,17-/m0/s1. The van der Waals surface area contributed by atoms with E-state index in [9.17, 15) is 31.6 Å². The SMILES string of the molecule is C[NH+](C)[C@H]1CCN(C(=O)[C@H](CNC(=O)c2ccc(Cl)s2)NS(=O)(=O)c2cccc(N3CCCCC3=O)c2OC(F)F)C1. The number of carbonyl (C=O) groups is 3. The largest absolute Gasteiger partial charge is 0.431 e. The van der Waals surface area contributed by atoms with Crippen molar-refractivity contribution in [3.63, 3.8) is 0 Å². The number of nitrogens with one attached hydrogen (secondary N) is 3. The summed E-state index contributed by atoms with van der Waals surface area (Å²) in [7, 11) is -0.788. The Hall–Kier alpha value is -2.85. The highest BCUT2D eigenvalue weighted by atomic mass is 35.5. The number of likely N-dealkylation sites (tertiary alicyclic amines) is 1. The van der Waals surface area contributed by atoms with Crippen LogP contribution in [0.4, 0.5) is 14.5 Å². The van der Waals surface area contributed by atoms with Crippen LogP contribution in [-0.4, -0.2) is 90.0 Å². The number of anilines is 1. The summed E-state index contributed by atoms with van der Waals surface area (Å²) in [4.78, 5) is 42.3. The smallest absolute Gasteiger partial charge is 0.387 e. The van der Waals surface area contributed by atoms with Crippen LogP contribution in [0.5, 0.6) is 5.75 Å². The lowest BCUT2D eigenvalue weighted by Crippen LogP contribution is -3.10. The zero-order valence-corrected chi connectivity index (χ0v) is 25.5. The first-order valence-corrected chi connectivity index (χ1v) is 16.1. The molecule has 3 heterocycles. The van der Waals surface area contributed by atoms with E-state index in [0.29, 0.717) is 36.7 Å². The number of para-hydroxylation sites is 1. The lowest BCUT2D eigenvalue weighted by molar-refractivity contribution is -0.883. The molecular weight excluding hydrogens is 616 g/mol. The van der Waals surface area contributed by atoms with Crippen molar-refractivity contribution in [2.45, 2.75) is 49.3 Å². The lowest BCUT2D eigenvalue weighted by atomic mass is 10.1. The van der Waals surface area contributed by atoms with Gasteiger partial charge in [0.15, 0.2) is 5.75 Å². The van der Waals surface area contributed by atoms with Crippen LogP contribution in [0, 0.1) is 0 Å². The van der Waals surface area contributed by atoms with Crippen LogP contribution in [0.1, 0.15) is 35.4 Å². The molecule has 230 valence electrons. The number of hydrogen-bond donors (Lipinski definition) is 3. The Kier molecular flexibility index (Phi) is 10.4. The number of carbonyl (C=O) groups excluding carboxylic acids is 3. The average molecular weight is 649 g/mol. The van der Waals surface area contributed by atoms with Crippen LogP contribution in [-0.2, 0) is 19.6 Å². The molecule has 2 saturated heterocycles. The number of thiophene rings is 1. The van der Waals surface area contributed by atoms with Crippen LogP contribution in [0.25, 0.3) is 0 Å². The maximum absolute atomic E-state index is 13.7. The molecule has 2 aromatic rings. The number of alkyl halides is 2. The van der Waals surface area contributed by atoms with Crippen LogP contribution in [0.3, 0.4) is 0 Å². The summed E-state index contributed by atoms with van der Waals surface area (Å²) in [5.74, 6) is -2.19. The van der Waals surface area contributed by atoms with Crippen molar-refractivity contribution in [3.05, 3.63) is 39.5 Å². The molecule has 2 fully saturated rings. The second kappa shape index (κ2) is 13.6. The summed E-state index contributed by atoms with van der Waals surface area (Å²) < 4.78 is 61.9. The van der Waals surface area contributed by atoms with Gasteiger partial charge >= 0.3 is 6.61 Å². The highest BCUT2D eigenvalue weighted by molar-refractivity contribution is 7.89.